The lowest BCUT2D eigenvalue weighted by Crippen LogP contribution is -2.14. The molecule has 2 N–H and O–H groups in total. The Labute approximate surface area is 141 Å². The molecule has 2 aromatic heterocycles. The Morgan fingerprint density at radius 1 is 1.21 bits per heavy atom. The molecule has 0 fully saturated rings. The Morgan fingerprint density at radius 3 is 2.67 bits per heavy atom. The van der Waals surface area contributed by atoms with Crippen molar-refractivity contribution in [2.24, 2.45) is 0 Å². The second-order valence-corrected chi connectivity index (χ2v) is 5.67. The molecule has 0 amide bonds. The molecular formula is C18H20N6. The van der Waals surface area contributed by atoms with E-state index >= 15 is 0 Å². The zero-order chi connectivity index (χ0) is 17.1. The number of aromatic nitrogens is 4. The van der Waals surface area contributed by atoms with Gasteiger partial charge < -0.3 is 10.3 Å². The van der Waals surface area contributed by atoms with E-state index in [-0.39, 0.29) is 6.04 Å². The highest BCUT2D eigenvalue weighted by molar-refractivity contribution is 5.75. The van der Waals surface area contributed by atoms with E-state index in [1.807, 2.05) is 45.0 Å². The van der Waals surface area contributed by atoms with Gasteiger partial charge in [-0.25, -0.2) is 4.98 Å². The summed E-state index contributed by atoms with van der Waals surface area (Å²) in [5.74, 6) is 1.32. The van der Waals surface area contributed by atoms with Gasteiger partial charge in [-0.3, -0.25) is 0 Å². The number of anilines is 1. The van der Waals surface area contributed by atoms with Gasteiger partial charge in [0.05, 0.1) is 22.8 Å². The molecule has 122 valence electrons. The van der Waals surface area contributed by atoms with Crippen molar-refractivity contribution in [2.75, 3.05) is 5.32 Å². The molecule has 1 atom stereocenters. The molecule has 3 rings (SSSR count). The van der Waals surface area contributed by atoms with E-state index in [4.69, 9.17) is 0 Å². The average Bonchev–Trinajstić information content (AvgIpc) is 3.05. The topological polar surface area (TPSA) is 90.3 Å². The average molecular weight is 320 g/mol. The van der Waals surface area contributed by atoms with Crippen molar-refractivity contribution in [2.45, 2.75) is 39.7 Å². The first-order valence-electron chi connectivity index (χ1n) is 8.17. The van der Waals surface area contributed by atoms with Crippen LogP contribution in [0, 0.1) is 11.3 Å². The summed E-state index contributed by atoms with van der Waals surface area (Å²) in [6.45, 7) is 6.04. The fourth-order valence-electron chi connectivity index (χ4n) is 2.85. The predicted octanol–water partition coefficient (Wildman–Crippen LogP) is 3.52. The number of hydrogen-bond donors (Lipinski definition) is 2. The number of H-pyrrole nitrogens is 1. The van der Waals surface area contributed by atoms with E-state index < -0.39 is 0 Å². The molecule has 2 heterocycles. The SMILES string of the molecule is CCc1nnc(NC(C)c2nc3ccccc3[nH]2)c(C#N)c1CC. The van der Waals surface area contributed by atoms with Gasteiger partial charge in [0.1, 0.15) is 17.5 Å². The van der Waals surface area contributed by atoms with Gasteiger partial charge in [-0.2, -0.15) is 10.4 Å². The summed E-state index contributed by atoms with van der Waals surface area (Å²) in [6.07, 6.45) is 1.53. The van der Waals surface area contributed by atoms with Gasteiger partial charge in [0, 0.05) is 0 Å². The van der Waals surface area contributed by atoms with Crippen molar-refractivity contribution < 1.29 is 0 Å². The summed E-state index contributed by atoms with van der Waals surface area (Å²) in [5.41, 5.74) is 4.34. The van der Waals surface area contributed by atoms with Crippen molar-refractivity contribution in [3.05, 3.63) is 46.9 Å². The van der Waals surface area contributed by atoms with Crippen LogP contribution < -0.4 is 5.32 Å². The van der Waals surface area contributed by atoms with Crippen LogP contribution in [0.2, 0.25) is 0 Å². The largest absolute Gasteiger partial charge is 0.358 e. The number of imidazole rings is 1. The number of aromatic amines is 1. The molecule has 0 spiro atoms. The van der Waals surface area contributed by atoms with E-state index in [2.05, 4.69) is 31.6 Å². The molecule has 0 saturated carbocycles. The molecule has 0 bridgehead atoms. The van der Waals surface area contributed by atoms with E-state index in [9.17, 15) is 5.26 Å². The summed E-state index contributed by atoms with van der Waals surface area (Å²) in [7, 11) is 0. The van der Waals surface area contributed by atoms with Gasteiger partial charge in [0.2, 0.25) is 0 Å². The number of aryl methyl sites for hydroxylation is 1. The zero-order valence-electron chi connectivity index (χ0n) is 14.1. The standard InChI is InChI=1S/C18H20N6/c1-4-12-13(10-19)18(24-23-14(12)5-2)20-11(3)17-21-15-8-6-7-9-16(15)22-17/h6-9,11H,4-5H2,1-3H3,(H,20,24)(H,21,22). The van der Waals surface area contributed by atoms with E-state index in [1.165, 1.54) is 0 Å². The highest BCUT2D eigenvalue weighted by atomic mass is 15.2. The highest BCUT2D eigenvalue weighted by Gasteiger charge is 2.18. The van der Waals surface area contributed by atoms with Crippen molar-refractivity contribution in [3.8, 4) is 6.07 Å². The van der Waals surface area contributed by atoms with E-state index in [0.29, 0.717) is 11.4 Å². The summed E-state index contributed by atoms with van der Waals surface area (Å²) in [6, 6.07) is 10.0. The lowest BCUT2D eigenvalue weighted by molar-refractivity contribution is 0.789. The van der Waals surface area contributed by atoms with Crippen LogP contribution in [0.5, 0.6) is 0 Å². The minimum absolute atomic E-state index is 0.115. The molecule has 24 heavy (non-hydrogen) atoms. The van der Waals surface area contributed by atoms with Crippen molar-refractivity contribution in [3.63, 3.8) is 0 Å². The number of hydrogen-bond acceptors (Lipinski definition) is 5. The maximum Gasteiger partial charge on any atom is 0.167 e. The van der Waals surface area contributed by atoms with Crippen LogP contribution in [0.25, 0.3) is 11.0 Å². The van der Waals surface area contributed by atoms with Crippen LogP contribution in [0.15, 0.2) is 24.3 Å². The maximum absolute atomic E-state index is 9.57. The monoisotopic (exact) mass is 320 g/mol. The fourth-order valence-corrected chi connectivity index (χ4v) is 2.85. The van der Waals surface area contributed by atoms with Crippen LogP contribution in [0.4, 0.5) is 5.82 Å². The number of nitrogens with zero attached hydrogens (tertiary/aromatic N) is 4. The van der Waals surface area contributed by atoms with Gasteiger partial charge in [-0.15, -0.1) is 5.10 Å². The van der Waals surface area contributed by atoms with Gasteiger partial charge in [0.15, 0.2) is 5.82 Å². The lowest BCUT2D eigenvalue weighted by Gasteiger charge is -2.15. The second-order valence-electron chi connectivity index (χ2n) is 5.67. The van der Waals surface area contributed by atoms with Crippen LogP contribution in [-0.4, -0.2) is 20.2 Å². The summed E-state index contributed by atoms with van der Waals surface area (Å²) in [4.78, 5) is 7.89. The van der Waals surface area contributed by atoms with Crippen LogP contribution in [0.3, 0.4) is 0 Å². The number of nitriles is 1. The number of nitrogens with one attached hydrogen (secondary N) is 2. The zero-order valence-corrected chi connectivity index (χ0v) is 14.1. The summed E-state index contributed by atoms with van der Waals surface area (Å²) in [5, 5.41) is 21.3. The van der Waals surface area contributed by atoms with E-state index in [1.54, 1.807) is 0 Å². The van der Waals surface area contributed by atoms with Gasteiger partial charge in [0.25, 0.3) is 0 Å². The quantitative estimate of drug-likeness (QED) is 0.750. The number of rotatable bonds is 5. The molecule has 0 radical (unpaired) electrons. The molecule has 0 aliphatic heterocycles. The third-order valence-corrected chi connectivity index (χ3v) is 4.13. The normalized spacial score (nSPS) is 12.1. The molecule has 6 heteroatoms. The Hall–Kier alpha value is -2.94. The first kappa shape index (κ1) is 15.9. The summed E-state index contributed by atoms with van der Waals surface area (Å²) >= 11 is 0. The highest BCUT2D eigenvalue weighted by Crippen LogP contribution is 2.24. The van der Waals surface area contributed by atoms with Crippen molar-refractivity contribution in [1.29, 1.82) is 5.26 Å². The first-order chi connectivity index (χ1) is 11.7. The minimum atomic E-state index is -0.115. The first-order valence-corrected chi connectivity index (χ1v) is 8.17. The van der Waals surface area contributed by atoms with Gasteiger partial charge in [-0.1, -0.05) is 26.0 Å². The predicted molar refractivity (Wildman–Crippen MR) is 93.6 cm³/mol. The van der Waals surface area contributed by atoms with Crippen molar-refractivity contribution in [1.82, 2.24) is 20.2 Å². The third kappa shape index (κ3) is 2.81. The number of para-hydroxylation sites is 2. The molecule has 0 saturated heterocycles. The van der Waals surface area contributed by atoms with Crippen LogP contribution in [0.1, 0.15) is 49.5 Å². The Balaban J connectivity index is 1.94. The molecule has 3 aromatic rings. The Bertz CT molecular complexity index is 873. The second kappa shape index (κ2) is 6.67. The summed E-state index contributed by atoms with van der Waals surface area (Å²) < 4.78 is 0. The van der Waals surface area contributed by atoms with Crippen LogP contribution in [-0.2, 0) is 12.8 Å². The molecule has 1 aromatic carbocycles. The molecule has 0 aliphatic rings. The fraction of sp³-hybridized carbons (Fsp3) is 0.333. The van der Waals surface area contributed by atoms with Gasteiger partial charge >= 0.3 is 0 Å². The van der Waals surface area contributed by atoms with Crippen LogP contribution >= 0.6 is 0 Å². The Morgan fingerprint density at radius 2 is 2.00 bits per heavy atom. The van der Waals surface area contributed by atoms with Crippen molar-refractivity contribution >= 4 is 16.9 Å². The number of benzene rings is 1. The van der Waals surface area contributed by atoms with Gasteiger partial charge in [-0.05, 0) is 37.5 Å². The minimum Gasteiger partial charge on any atom is -0.358 e. The lowest BCUT2D eigenvalue weighted by atomic mass is 10.0. The molecule has 6 nitrogen and oxygen atoms in total. The maximum atomic E-state index is 9.57. The molecular weight excluding hydrogens is 300 g/mol. The smallest absolute Gasteiger partial charge is 0.167 e. The molecule has 0 aliphatic carbocycles. The Kier molecular flexibility index (Phi) is 4.43. The third-order valence-electron chi connectivity index (χ3n) is 4.13. The molecule has 1 unspecified atom stereocenters. The van der Waals surface area contributed by atoms with E-state index in [0.717, 1.165) is 41.0 Å². The number of fused-ring (bicyclic) bond motifs is 1.